The van der Waals surface area contributed by atoms with Crippen LogP contribution in [-0.2, 0) is 0 Å². The molecule has 0 amide bonds. The van der Waals surface area contributed by atoms with Crippen molar-refractivity contribution in [2.45, 2.75) is 6.92 Å². The van der Waals surface area contributed by atoms with Gasteiger partial charge in [0, 0.05) is 12.1 Å². The lowest BCUT2D eigenvalue weighted by Crippen LogP contribution is -2.22. The van der Waals surface area contributed by atoms with Crippen molar-refractivity contribution in [1.82, 2.24) is 0 Å². The third-order valence-corrected chi connectivity index (χ3v) is 1.65. The fraction of sp³-hybridized carbons (Fsp3) is 0.125. The number of benzene rings is 1. The van der Waals surface area contributed by atoms with Crippen LogP contribution in [0.4, 0.5) is 11.4 Å². The average Bonchev–Trinajstić information content (AvgIpc) is 2.07. The molecule has 1 aromatic rings. The van der Waals surface area contributed by atoms with Gasteiger partial charge in [0.1, 0.15) is 0 Å². The molecule has 4 N–H and O–H groups in total. The molecule has 14 heavy (non-hydrogen) atoms. The number of hydrogen-bond donors (Lipinski definition) is 2. The van der Waals surface area contributed by atoms with Crippen LogP contribution in [0.3, 0.4) is 0 Å². The van der Waals surface area contributed by atoms with Gasteiger partial charge in [0.2, 0.25) is 0 Å². The van der Waals surface area contributed by atoms with E-state index in [2.05, 4.69) is 4.99 Å². The lowest BCUT2D eigenvalue weighted by Gasteiger charge is -1.99. The van der Waals surface area contributed by atoms with Crippen LogP contribution < -0.4 is 11.5 Å². The zero-order valence-corrected chi connectivity index (χ0v) is 7.60. The Balaban J connectivity index is 3.22. The third kappa shape index (κ3) is 2.19. The molecule has 0 atom stereocenters. The van der Waals surface area contributed by atoms with E-state index in [4.69, 9.17) is 11.5 Å². The van der Waals surface area contributed by atoms with Crippen molar-refractivity contribution in [3.63, 3.8) is 0 Å². The van der Waals surface area contributed by atoms with Crippen molar-refractivity contribution in [2.24, 2.45) is 16.5 Å². The average molecular weight is 197 g/mol. The number of hydrogen-bond acceptors (Lipinski definition) is 3. The predicted octanol–water partition coefficient (Wildman–Crippen LogP) is 0.808. The molecule has 1 aromatic carbocycles. The first-order valence-corrected chi connectivity index (χ1v) is 3.85. The van der Waals surface area contributed by atoms with Gasteiger partial charge in [-0.1, -0.05) is 6.07 Å². The molecule has 0 radical (unpaired) electrons. The van der Waals surface area contributed by atoms with E-state index in [9.17, 15) is 10.1 Å². The number of nitro groups is 1. The van der Waals surface area contributed by atoms with E-state index >= 15 is 0 Å². The molecule has 1 rings (SSSR count). The lowest BCUT2D eigenvalue weighted by atomic mass is 10.2. The molecule has 74 valence electrons. The van der Waals surface area contributed by atoms with Gasteiger partial charge in [-0.3, -0.25) is 10.1 Å². The van der Waals surface area contributed by atoms with Gasteiger partial charge in [-0.2, -0.15) is 0 Å². The minimum atomic E-state index is -0.495. The number of guanidine groups is 1. The molecule has 6 nitrogen and oxygen atoms in total. The smallest absolute Gasteiger partial charge is 0.271 e. The van der Waals surface area contributed by atoms with Crippen molar-refractivity contribution < 1.29 is 4.92 Å². The molecule has 0 aromatic heterocycles. The largest absolute Gasteiger partial charge is 0.370 e. The molecule has 0 spiro atoms. The van der Waals surface area contributed by atoms with Gasteiger partial charge < -0.3 is 11.5 Å². The Morgan fingerprint density at radius 2 is 2.14 bits per heavy atom. The SMILES string of the molecule is Cc1ccc([N+](=O)[O-])cc1[15N]=[13C](N)[15NH2]. The summed E-state index contributed by atoms with van der Waals surface area (Å²) in [6, 6.07) is 4.33. The highest BCUT2D eigenvalue weighted by Crippen LogP contribution is 2.23. The summed E-state index contributed by atoms with van der Waals surface area (Å²) in [5.41, 5.74) is 11.5. The quantitative estimate of drug-likeness (QED) is 0.182. The minimum Gasteiger partial charge on any atom is -0.370 e. The molecule has 0 aliphatic carbocycles. The molecule has 0 aliphatic rings. The van der Waals surface area contributed by atoms with Crippen molar-refractivity contribution in [1.29, 1.82) is 0 Å². The summed E-state index contributed by atoms with van der Waals surface area (Å²) >= 11 is 0. The van der Waals surface area contributed by atoms with E-state index in [-0.39, 0.29) is 11.6 Å². The van der Waals surface area contributed by atoms with Crippen molar-refractivity contribution >= 4 is 17.3 Å². The summed E-state index contributed by atoms with van der Waals surface area (Å²) in [5, 5.41) is 10.4. The second kappa shape index (κ2) is 3.73. The van der Waals surface area contributed by atoms with Crippen LogP contribution in [0.5, 0.6) is 0 Å². The van der Waals surface area contributed by atoms with E-state index in [0.717, 1.165) is 5.56 Å². The van der Waals surface area contributed by atoms with Gasteiger partial charge in [-0.15, -0.1) is 0 Å². The zero-order chi connectivity index (χ0) is 10.7. The summed E-state index contributed by atoms with van der Waals surface area (Å²) in [6.45, 7) is 1.77. The minimum absolute atomic E-state index is 0.0319. The van der Waals surface area contributed by atoms with Crippen LogP contribution in [0.15, 0.2) is 23.2 Å². The van der Waals surface area contributed by atoms with E-state index in [1.54, 1.807) is 13.0 Å². The van der Waals surface area contributed by atoms with E-state index in [1.807, 2.05) is 0 Å². The van der Waals surface area contributed by atoms with Gasteiger partial charge >= 0.3 is 0 Å². The van der Waals surface area contributed by atoms with Crippen LogP contribution in [0.2, 0.25) is 0 Å². The molecule has 0 saturated carbocycles. The molecule has 0 bridgehead atoms. The van der Waals surface area contributed by atoms with Crippen LogP contribution in [0, 0.1) is 17.0 Å². The summed E-state index contributed by atoms with van der Waals surface area (Å²) < 4.78 is 0. The summed E-state index contributed by atoms with van der Waals surface area (Å²) in [5.74, 6) is -0.117. The Morgan fingerprint density at radius 3 is 2.64 bits per heavy atom. The molecular weight excluding hydrogens is 187 g/mol. The van der Waals surface area contributed by atoms with E-state index in [1.165, 1.54) is 12.1 Å². The Labute approximate surface area is 80.4 Å². The Bertz CT molecular complexity index is 396. The van der Waals surface area contributed by atoms with Crippen LogP contribution in [-0.4, -0.2) is 10.9 Å². The number of aryl methyl sites for hydroxylation is 1. The predicted molar refractivity (Wildman–Crippen MR) is 53.3 cm³/mol. The third-order valence-electron chi connectivity index (χ3n) is 1.65. The maximum absolute atomic E-state index is 10.4. The number of non-ortho nitro benzene ring substituents is 1. The molecular formula is C8H10N4O2. The lowest BCUT2D eigenvalue weighted by molar-refractivity contribution is -0.384. The highest BCUT2D eigenvalue weighted by molar-refractivity contribution is 5.79. The number of aliphatic imine (C=N–C) groups is 1. The normalized spacial score (nSPS) is 11.4. The first-order valence-electron chi connectivity index (χ1n) is 3.85. The summed E-state index contributed by atoms with van der Waals surface area (Å²) in [4.78, 5) is 13.7. The van der Waals surface area contributed by atoms with Crippen LogP contribution in [0.25, 0.3) is 0 Å². The summed E-state index contributed by atoms with van der Waals surface area (Å²) in [7, 11) is 0. The second-order valence-electron chi connectivity index (χ2n) is 2.76. The number of nitrogens with zero attached hydrogens (tertiary/aromatic N) is 2. The van der Waals surface area contributed by atoms with Crippen LogP contribution in [0.1, 0.15) is 5.56 Å². The molecule has 0 aliphatic heterocycles. The molecule has 0 unspecified atom stereocenters. The van der Waals surface area contributed by atoms with Gasteiger partial charge in [0.25, 0.3) is 5.69 Å². The Kier molecular flexibility index (Phi) is 2.66. The van der Waals surface area contributed by atoms with Gasteiger partial charge in [-0.25, -0.2) is 4.99 Å². The number of rotatable bonds is 2. The maximum Gasteiger partial charge on any atom is 0.271 e. The fourth-order valence-electron chi connectivity index (χ4n) is 0.971. The van der Waals surface area contributed by atoms with E-state index in [0.29, 0.717) is 5.69 Å². The van der Waals surface area contributed by atoms with Crippen molar-refractivity contribution in [3.8, 4) is 0 Å². The van der Waals surface area contributed by atoms with Gasteiger partial charge in [-0.05, 0) is 12.5 Å². The maximum atomic E-state index is 10.4. The highest BCUT2D eigenvalue weighted by atomic mass is 16.6. The topological polar surface area (TPSA) is 108 Å². The highest BCUT2D eigenvalue weighted by Gasteiger charge is 2.07. The monoisotopic (exact) mass is 197 g/mol. The summed E-state index contributed by atoms with van der Waals surface area (Å²) in [6.07, 6.45) is 0. The first-order chi connectivity index (χ1) is 6.50. The molecule has 0 fully saturated rings. The van der Waals surface area contributed by atoms with Crippen molar-refractivity contribution in [2.75, 3.05) is 0 Å². The first kappa shape index (κ1) is 9.97. The zero-order valence-electron chi connectivity index (χ0n) is 7.60. The van der Waals surface area contributed by atoms with Gasteiger partial charge in [0.05, 0.1) is 10.6 Å². The molecule has 0 saturated heterocycles. The van der Waals surface area contributed by atoms with Crippen LogP contribution >= 0.6 is 0 Å². The molecule has 6 heteroatoms. The standard InChI is InChI=1S/C8H10N4O2/c1-5-2-3-6(12(13)14)4-7(5)11-8(9)10/h2-4H,1H3,(H4,9,10,11)/i8+1,9+1,11+1. The fourth-order valence-corrected chi connectivity index (χ4v) is 0.971. The molecule has 0 heterocycles. The second-order valence-corrected chi connectivity index (χ2v) is 2.76. The van der Waals surface area contributed by atoms with Crippen molar-refractivity contribution in [3.05, 3.63) is 33.9 Å². The Morgan fingerprint density at radius 1 is 1.50 bits per heavy atom. The van der Waals surface area contributed by atoms with Gasteiger partial charge in [0.15, 0.2) is 5.96 Å². The Hall–Kier alpha value is -2.11. The number of nitro benzene ring substituents is 1. The van der Waals surface area contributed by atoms with E-state index < -0.39 is 4.92 Å². The number of nitrogens with two attached hydrogens (primary N) is 2.